The Morgan fingerprint density at radius 2 is 2.10 bits per heavy atom. The van der Waals surface area contributed by atoms with E-state index in [1.165, 1.54) is 12.3 Å². The quantitative estimate of drug-likeness (QED) is 0.868. The van der Waals surface area contributed by atoms with Crippen molar-refractivity contribution in [3.8, 4) is 0 Å². The fraction of sp³-hybridized carbons (Fsp3) is 0.333. The molecule has 0 unspecified atom stereocenters. The average molecular weight is 331 g/mol. The molecule has 7 nitrogen and oxygen atoms in total. The SMILES string of the molecule is CNc1ncc(S(=O)(=O)NCc2c(C)noc2C)cc1Cl. The second kappa shape index (κ2) is 6.00. The summed E-state index contributed by atoms with van der Waals surface area (Å²) < 4.78 is 31.9. The molecule has 9 heteroatoms. The predicted molar refractivity (Wildman–Crippen MR) is 78.8 cm³/mol. The van der Waals surface area contributed by atoms with Crippen molar-refractivity contribution < 1.29 is 12.9 Å². The van der Waals surface area contributed by atoms with Crippen LogP contribution < -0.4 is 10.0 Å². The maximum atomic E-state index is 12.2. The van der Waals surface area contributed by atoms with Gasteiger partial charge in [0.05, 0.1) is 10.7 Å². The van der Waals surface area contributed by atoms with Crippen molar-refractivity contribution >= 4 is 27.4 Å². The van der Waals surface area contributed by atoms with Crippen molar-refractivity contribution in [1.29, 1.82) is 0 Å². The predicted octanol–water partition coefficient (Wildman–Crippen LogP) is 1.86. The normalized spacial score (nSPS) is 11.6. The molecule has 114 valence electrons. The van der Waals surface area contributed by atoms with E-state index in [1.54, 1.807) is 20.9 Å². The van der Waals surface area contributed by atoms with E-state index in [4.69, 9.17) is 16.1 Å². The Hall–Kier alpha value is -1.64. The highest BCUT2D eigenvalue weighted by Gasteiger charge is 2.18. The van der Waals surface area contributed by atoms with E-state index in [9.17, 15) is 8.42 Å². The van der Waals surface area contributed by atoms with E-state index in [1.807, 2.05) is 0 Å². The zero-order valence-electron chi connectivity index (χ0n) is 11.8. The van der Waals surface area contributed by atoms with Gasteiger partial charge in [-0.2, -0.15) is 0 Å². The summed E-state index contributed by atoms with van der Waals surface area (Å²) in [5.74, 6) is 0.998. The number of nitrogens with zero attached hydrogens (tertiary/aromatic N) is 2. The second-order valence-corrected chi connectivity index (χ2v) is 6.55. The lowest BCUT2D eigenvalue weighted by atomic mass is 10.2. The third kappa shape index (κ3) is 3.34. The largest absolute Gasteiger partial charge is 0.372 e. The summed E-state index contributed by atoms with van der Waals surface area (Å²) in [6, 6.07) is 1.34. The molecule has 21 heavy (non-hydrogen) atoms. The van der Waals surface area contributed by atoms with Gasteiger partial charge in [0.2, 0.25) is 10.0 Å². The number of rotatable bonds is 5. The van der Waals surface area contributed by atoms with Crippen LogP contribution >= 0.6 is 11.6 Å². The molecule has 2 rings (SSSR count). The van der Waals surface area contributed by atoms with Crippen LogP contribution in [0.5, 0.6) is 0 Å². The molecule has 0 aromatic carbocycles. The van der Waals surface area contributed by atoms with Crippen LogP contribution in [0.2, 0.25) is 5.02 Å². The number of aryl methyl sites for hydroxylation is 2. The molecular formula is C12H15ClN4O3S. The summed E-state index contributed by atoms with van der Waals surface area (Å²) in [7, 11) is -2.06. The molecule has 0 radical (unpaired) electrons. The van der Waals surface area contributed by atoms with E-state index >= 15 is 0 Å². The molecule has 2 N–H and O–H groups in total. The minimum absolute atomic E-state index is 0.00161. The number of anilines is 1. The average Bonchev–Trinajstić information content (AvgIpc) is 2.76. The first-order valence-electron chi connectivity index (χ1n) is 6.10. The fourth-order valence-corrected chi connectivity index (χ4v) is 3.05. The van der Waals surface area contributed by atoms with Gasteiger partial charge in [0, 0.05) is 25.4 Å². The first-order chi connectivity index (χ1) is 9.85. The molecule has 0 atom stereocenters. The van der Waals surface area contributed by atoms with Crippen molar-refractivity contribution in [3.63, 3.8) is 0 Å². The Kier molecular flexibility index (Phi) is 4.50. The lowest BCUT2D eigenvalue weighted by Crippen LogP contribution is -2.24. The Morgan fingerprint density at radius 3 is 2.62 bits per heavy atom. The van der Waals surface area contributed by atoms with Gasteiger partial charge in [0.25, 0.3) is 0 Å². The molecule has 0 saturated heterocycles. The fourth-order valence-electron chi connectivity index (χ4n) is 1.76. The van der Waals surface area contributed by atoms with Gasteiger partial charge in [-0.3, -0.25) is 0 Å². The molecule has 2 heterocycles. The van der Waals surface area contributed by atoms with Gasteiger partial charge in [-0.15, -0.1) is 0 Å². The molecule has 0 saturated carbocycles. The van der Waals surface area contributed by atoms with Gasteiger partial charge < -0.3 is 9.84 Å². The standard InChI is InChI=1S/C12H15ClN4O3S/c1-7-10(8(2)20-17-7)6-16-21(18,19)9-4-11(13)12(14-3)15-5-9/h4-5,16H,6H2,1-3H3,(H,14,15). The third-order valence-corrected chi connectivity index (χ3v) is 4.64. The molecule has 0 bridgehead atoms. The topological polar surface area (TPSA) is 97.1 Å². The molecule has 0 amide bonds. The van der Waals surface area contributed by atoms with Crippen LogP contribution in [0.15, 0.2) is 21.7 Å². The van der Waals surface area contributed by atoms with Crippen LogP contribution in [0, 0.1) is 13.8 Å². The summed E-state index contributed by atoms with van der Waals surface area (Å²) in [5.41, 5.74) is 1.36. The van der Waals surface area contributed by atoms with Crippen molar-refractivity contribution in [2.75, 3.05) is 12.4 Å². The monoisotopic (exact) mass is 330 g/mol. The molecule has 2 aromatic heterocycles. The maximum absolute atomic E-state index is 12.2. The van der Waals surface area contributed by atoms with Gasteiger partial charge in [-0.05, 0) is 19.9 Å². The molecular weight excluding hydrogens is 316 g/mol. The van der Waals surface area contributed by atoms with Crippen molar-refractivity contribution in [1.82, 2.24) is 14.9 Å². The summed E-state index contributed by atoms with van der Waals surface area (Å²) in [6.07, 6.45) is 1.24. The summed E-state index contributed by atoms with van der Waals surface area (Å²) in [5, 5.41) is 6.77. The van der Waals surface area contributed by atoms with E-state index in [-0.39, 0.29) is 16.5 Å². The van der Waals surface area contributed by atoms with E-state index in [0.29, 0.717) is 22.8 Å². The van der Waals surface area contributed by atoms with Crippen LogP contribution in [-0.2, 0) is 16.6 Å². The summed E-state index contributed by atoms with van der Waals surface area (Å²) in [4.78, 5) is 3.95. The number of sulfonamides is 1. The molecule has 0 aliphatic carbocycles. The Morgan fingerprint density at radius 1 is 1.38 bits per heavy atom. The third-order valence-electron chi connectivity index (χ3n) is 2.98. The number of nitrogens with one attached hydrogen (secondary N) is 2. The number of pyridine rings is 1. The van der Waals surface area contributed by atoms with Gasteiger partial charge >= 0.3 is 0 Å². The molecule has 0 spiro atoms. The zero-order chi connectivity index (χ0) is 15.6. The number of aromatic nitrogens is 2. The number of hydrogen-bond acceptors (Lipinski definition) is 6. The first-order valence-corrected chi connectivity index (χ1v) is 7.96. The van der Waals surface area contributed by atoms with E-state index < -0.39 is 10.0 Å². The van der Waals surface area contributed by atoms with Crippen molar-refractivity contribution in [2.24, 2.45) is 0 Å². The Bertz CT molecular complexity index is 738. The van der Waals surface area contributed by atoms with E-state index in [2.05, 4.69) is 20.2 Å². The zero-order valence-corrected chi connectivity index (χ0v) is 13.3. The lowest BCUT2D eigenvalue weighted by molar-refractivity contribution is 0.392. The smallest absolute Gasteiger partial charge is 0.242 e. The molecule has 0 aliphatic rings. The minimum atomic E-state index is -3.71. The van der Waals surface area contributed by atoms with Crippen molar-refractivity contribution in [3.05, 3.63) is 34.3 Å². The lowest BCUT2D eigenvalue weighted by Gasteiger charge is -2.08. The number of halogens is 1. The van der Waals surface area contributed by atoms with Gasteiger partial charge in [-0.1, -0.05) is 16.8 Å². The van der Waals surface area contributed by atoms with E-state index in [0.717, 1.165) is 0 Å². The molecule has 0 aliphatic heterocycles. The van der Waals surface area contributed by atoms with Gasteiger partial charge in [0.1, 0.15) is 16.5 Å². The highest BCUT2D eigenvalue weighted by Crippen LogP contribution is 2.22. The highest BCUT2D eigenvalue weighted by molar-refractivity contribution is 7.89. The van der Waals surface area contributed by atoms with Crippen LogP contribution in [-0.4, -0.2) is 25.6 Å². The first kappa shape index (κ1) is 15.7. The Labute approximate surface area is 127 Å². The van der Waals surface area contributed by atoms with Crippen molar-refractivity contribution in [2.45, 2.75) is 25.3 Å². The van der Waals surface area contributed by atoms with Crippen LogP contribution in [0.4, 0.5) is 5.82 Å². The minimum Gasteiger partial charge on any atom is -0.372 e. The molecule has 0 fully saturated rings. The maximum Gasteiger partial charge on any atom is 0.242 e. The van der Waals surface area contributed by atoms with Crippen LogP contribution in [0.1, 0.15) is 17.0 Å². The van der Waals surface area contributed by atoms with Gasteiger partial charge in [-0.25, -0.2) is 18.1 Å². The van der Waals surface area contributed by atoms with Crippen LogP contribution in [0.3, 0.4) is 0 Å². The summed E-state index contributed by atoms with van der Waals surface area (Å²) in [6.45, 7) is 3.57. The Balaban J connectivity index is 2.21. The summed E-state index contributed by atoms with van der Waals surface area (Å²) >= 11 is 5.94. The highest BCUT2D eigenvalue weighted by atomic mass is 35.5. The second-order valence-electron chi connectivity index (χ2n) is 4.38. The molecule has 2 aromatic rings. The van der Waals surface area contributed by atoms with Gasteiger partial charge in [0.15, 0.2) is 0 Å². The van der Waals surface area contributed by atoms with Crippen LogP contribution in [0.25, 0.3) is 0 Å². The number of hydrogen-bond donors (Lipinski definition) is 2.